The van der Waals surface area contributed by atoms with E-state index in [0.29, 0.717) is 35.7 Å². The van der Waals surface area contributed by atoms with Gasteiger partial charge in [0.05, 0.1) is 13.6 Å². The van der Waals surface area contributed by atoms with Crippen LogP contribution >= 0.6 is 0 Å². The van der Waals surface area contributed by atoms with Gasteiger partial charge >= 0.3 is 0 Å². The SMILES string of the molecule is COCCCn1c2c([n+](C)c1C)C(=O)c1ccccc1C2=O.[I-]. The Labute approximate surface area is 152 Å². The molecule has 0 atom stereocenters. The van der Waals surface area contributed by atoms with Crippen molar-refractivity contribution in [3.05, 3.63) is 52.6 Å². The molecule has 2 aromatic rings. The maximum atomic E-state index is 12.9. The molecule has 0 saturated carbocycles. The molecular formula is C17H19IN2O3. The molecule has 23 heavy (non-hydrogen) atoms. The Bertz CT molecular complexity index is 780. The molecule has 0 unspecified atom stereocenters. The van der Waals surface area contributed by atoms with Crippen LogP contribution in [0.5, 0.6) is 0 Å². The van der Waals surface area contributed by atoms with Gasteiger partial charge in [-0.25, -0.2) is 9.13 Å². The minimum absolute atomic E-state index is 0. The Morgan fingerprint density at radius 3 is 2.35 bits per heavy atom. The lowest BCUT2D eigenvalue weighted by atomic mass is 9.90. The number of methoxy groups -OCH3 is 1. The van der Waals surface area contributed by atoms with E-state index >= 15 is 0 Å². The Hall–Kier alpha value is -1.54. The lowest BCUT2D eigenvalue weighted by Crippen LogP contribution is -3.00. The number of fused-ring (bicyclic) bond motifs is 2. The lowest BCUT2D eigenvalue weighted by Gasteiger charge is -2.12. The average Bonchev–Trinajstić information content (AvgIpc) is 2.78. The average molecular weight is 426 g/mol. The molecule has 0 saturated heterocycles. The summed E-state index contributed by atoms with van der Waals surface area (Å²) in [6, 6.07) is 7.02. The summed E-state index contributed by atoms with van der Waals surface area (Å²) >= 11 is 0. The molecule has 6 heteroatoms. The van der Waals surface area contributed by atoms with E-state index in [2.05, 4.69) is 0 Å². The van der Waals surface area contributed by atoms with Crippen LogP contribution in [0.1, 0.15) is 44.3 Å². The highest BCUT2D eigenvalue weighted by molar-refractivity contribution is 6.26. The number of ether oxygens (including phenoxy) is 1. The summed E-state index contributed by atoms with van der Waals surface area (Å²) in [6.45, 7) is 3.20. The van der Waals surface area contributed by atoms with Gasteiger partial charge in [-0.3, -0.25) is 9.59 Å². The zero-order chi connectivity index (χ0) is 15.9. The van der Waals surface area contributed by atoms with Gasteiger partial charge in [0.1, 0.15) is 0 Å². The highest BCUT2D eigenvalue weighted by Crippen LogP contribution is 2.26. The van der Waals surface area contributed by atoms with Gasteiger partial charge in [-0.1, -0.05) is 24.3 Å². The van der Waals surface area contributed by atoms with Crippen LogP contribution in [0, 0.1) is 6.92 Å². The van der Waals surface area contributed by atoms with Crippen LogP contribution in [-0.2, 0) is 18.3 Å². The van der Waals surface area contributed by atoms with Gasteiger partial charge < -0.3 is 28.7 Å². The molecule has 1 aliphatic rings. The molecule has 1 aromatic carbocycles. The van der Waals surface area contributed by atoms with Crippen LogP contribution in [0.2, 0.25) is 0 Å². The molecule has 1 heterocycles. The van der Waals surface area contributed by atoms with Crippen molar-refractivity contribution in [3.63, 3.8) is 0 Å². The second kappa shape index (κ2) is 6.92. The fourth-order valence-electron chi connectivity index (χ4n) is 3.06. The van der Waals surface area contributed by atoms with Crippen LogP contribution < -0.4 is 28.5 Å². The van der Waals surface area contributed by atoms with Crippen LogP contribution in [0.15, 0.2) is 24.3 Å². The molecule has 1 aliphatic carbocycles. The minimum Gasteiger partial charge on any atom is -1.00 e. The largest absolute Gasteiger partial charge is 1.00 e. The van der Waals surface area contributed by atoms with E-state index in [9.17, 15) is 9.59 Å². The number of aromatic nitrogens is 2. The summed E-state index contributed by atoms with van der Waals surface area (Å²) in [4.78, 5) is 25.6. The monoisotopic (exact) mass is 426 g/mol. The molecule has 0 aliphatic heterocycles. The summed E-state index contributed by atoms with van der Waals surface area (Å²) in [6.07, 6.45) is 0.793. The Kier molecular flexibility index (Phi) is 5.36. The van der Waals surface area contributed by atoms with Gasteiger partial charge in [0.25, 0.3) is 5.82 Å². The van der Waals surface area contributed by atoms with Crippen molar-refractivity contribution >= 4 is 11.6 Å². The van der Waals surface area contributed by atoms with Crippen molar-refractivity contribution in [3.8, 4) is 0 Å². The normalized spacial score (nSPS) is 12.7. The number of hydrogen-bond acceptors (Lipinski definition) is 3. The van der Waals surface area contributed by atoms with Crippen LogP contribution in [0.25, 0.3) is 0 Å². The standard InChI is InChI=1S/C17H19N2O3.HI/c1-11-18(2)14-15(19(11)9-6-10-22-3)17(21)13-8-5-4-7-12(13)16(14)20;/h4-5,7-8H,6,9-10H2,1-3H3;1H/q+1;/p-1. The lowest BCUT2D eigenvalue weighted by molar-refractivity contribution is -0.679. The molecule has 0 fully saturated rings. The predicted octanol–water partition coefficient (Wildman–Crippen LogP) is -1.56. The second-order valence-electron chi connectivity index (χ2n) is 5.51. The zero-order valence-corrected chi connectivity index (χ0v) is 15.6. The molecule has 0 amide bonds. The van der Waals surface area contributed by atoms with E-state index in [1.807, 2.05) is 23.1 Å². The number of imidazole rings is 1. The number of ketones is 2. The third kappa shape index (κ3) is 2.74. The number of nitrogens with zero attached hydrogens (tertiary/aromatic N) is 2. The van der Waals surface area contributed by atoms with Crippen molar-refractivity contribution < 1.29 is 42.9 Å². The van der Waals surface area contributed by atoms with E-state index in [1.165, 1.54) is 0 Å². The Morgan fingerprint density at radius 2 is 1.74 bits per heavy atom. The maximum absolute atomic E-state index is 12.9. The van der Waals surface area contributed by atoms with Crippen LogP contribution in [0.3, 0.4) is 0 Å². The maximum Gasteiger partial charge on any atom is 0.254 e. The summed E-state index contributed by atoms with van der Waals surface area (Å²) in [5.74, 6) is 0.739. The van der Waals surface area contributed by atoms with Crippen molar-refractivity contribution in [2.24, 2.45) is 7.05 Å². The van der Waals surface area contributed by atoms with Gasteiger partial charge in [-0.05, 0) is 0 Å². The van der Waals surface area contributed by atoms with Crippen LogP contribution in [-0.4, -0.2) is 29.9 Å². The van der Waals surface area contributed by atoms with Gasteiger partial charge in [0.2, 0.25) is 23.0 Å². The number of rotatable bonds is 4. The first-order valence-corrected chi connectivity index (χ1v) is 7.34. The van der Waals surface area contributed by atoms with Gasteiger partial charge in [0.15, 0.2) is 0 Å². The number of benzene rings is 1. The fraction of sp³-hybridized carbons (Fsp3) is 0.353. The second-order valence-corrected chi connectivity index (χ2v) is 5.51. The van der Waals surface area contributed by atoms with Gasteiger partial charge in [-0.15, -0.1) is 0 Å². The van der Waals surface area contributed by atoms with E-state index in [1.54, 1.807) is 31.4 Å². The summed E-state index contributed by atoms with van der Waals surface area (Å²) < 4.78 is 8.84. The van der Waals surface area contributed by atoms with Crippen LogP contribution in [0.4, 0.5) is 0 Å². The number of carbonyl (C=O) groups excluding carboxylic acids is 2. The minimum atomic E-state index is -0.0821. The molecule has 0 N–H and O–H groups in total. The van der Waals surface area contributed by atoms with E-state index < -0.39 is 0 Å². The van der Waals surface area contributed by atoms with Gasteiger partial charge in [0, 0.05) is 38.2 Å². The molecule has 3 rings (SSSR count). The third-order valence-electron chi connectivity index (χ3n) is 4.28. The third-order valence-corrected chi connectivity index (χ3v) is 4.28. The predicted molar refractivity (Wildman–Crippen MR) is 80.1 cm³/mol. The molecule has 0 bridgehead atoms. The molecule has 0 spiro atoms. The molecule has 1 aromatic heterocycles. The highest BCUT2D eigenvalue weighted by atomic mass is 127. The first-order valence-electron chi connectivity index (χ1n) is 7.34. The molecule has 122 valence electrons. The van der Waals surface area contributed by atoms with Crippen molar-refractivity contribution in [1.29, 1.82) is 0 Å². The van der Waals surface area contributed by atoms with E-state index in [4.69, 9.17) is 4.74 Å². The van der Waals surface area contributed by atoms with E-state index in [0.717, 1.165) is 12.2 Å². The van der Waals surface area contributed by atoms with Crippen molar-refractivity contribution in [1.82, 2.24) is 4.57 Å². The topological polar surface area (TPSA) is 52.2 Å². The molecule has 5 nitrogen and oxygen atoms in total. The zero-order valence-electron chi connectivity index (χ0n) is 13.4. The van der Waals surface area contributed by atoms with Crippen molar-refractivity contribution in [2.45, 2.75) is 19.9 Å². The van der Waals surface area contributed by atoms with E-state index in [-0.39, 0.29) is 35.5 Å². The smallest absolute Gasteiger partial charge is 0.254 e. The molecule has 0 radical (unpaired) electrons. The first kappa shape index (κ1) is 17.8. The first-order chi connectivity index (χ1) is 10.6. The number of hydrogen-bond donors (Lipinski definition) is 0. The Balaban J connectivity index is 0.00000192. The quantitative estimate of drug-likeness (QED) is 0.288. The summed E-state index contributed by atoms with van der Waals surface area (Å²) in [5, 5.41) is 0. The fourth-order valence-corrected chi connectivity index (χ4v) is 3.06. The van der Waals surface area contributed by atoms with Gasteiger partial charge in [-0.2, -0.15) is 0 Å². The Morgan fingerprint density at radius 1 is 1.13 bits per heavy atom. The summed E-state index contributed by atoms with van der Waals surface area (Å²) in [7, 11) is 3.49. The summed E-state index contributed by atoms with van der Waals surface area (Å²) in [5.41, 5.74) is 1.97. The number of halogens is 1. The van der Waals surface area contributed by atoms with Crippen molar-refractivity contribution in [2.75, 3.05) is 13.7 Å². The number of carbonyl (C=O) groups is 2. The molecular weight excluding hydrogens is 407 g/mol. The highest BCUT2D eigenvalue weighted by Gasteiger charge is 2.41.